The molecule has 32 heavy (non-hydrogen) atoms. The summed E-state index contributed by atoms with van der Waals surface area (Å²) in [4.78, 5) is 37.5. The highest BCUT2D eigenvalue weighted by Crippen LogP contribution is 2.21. The van der Waals surface area contributed by atoms with Gasteiger partial charge < -0.3 is 15.3 Å². The van der Waals surface area contributed by atoms with E-state index in [1.807, 2.05) is 6.07 Å². The van der Waals surface area contributed by atoms with E-state index in [0.717, 1.165) is 5.56 Å². The third kappa shape index (κ3) is 5.67. The molecule has 0 aliphatic rings. The Kier molecular flexibility index (Phi) is 7.16. The van der Waals surface area contributed by atoms with E-state index in [0.29, 0.717) is 12.1 Å². The lowest BCUT2D eigenvalue weighted by Gasteiger charge is -2.21. The zero-order valence-corrected chi connectivity index (χ0v) is 17.2. The summed E-state index contributed by atoms with van der Waals surface area (Å²) in [5.74, 6) is -4.89. The van der Waals surface area contributed by atoms with Gasteiger partial charge >= 0.3 is 5.97 Å². The summed E-state index contributed by atoms with van der Waals surface area (Å²) in [5.41, 5.74) is 0.418. The van der Waals surface area contributed by atoms with Crippen molar-refractivity contribution in [3.05, 3.63) is 82.0 Å². The lowest BCUT2D eigenvalue weighted by atomic mass is 10.2. The molecule has 166 valence electrons. The van der Waals surface area contributed by atoms with Crippen LogP contribution in [0.1, 0.15) is 32.8 Å². The van der Waals surface area contributed by atoms with E-state index >= 15 is 0 Å². The minimum Gasteiger partial charge on any atom is -0.481 e. The van der Waals surface area contributed by atoms with E-state index in [2.05, 4.69) is 15.5 Å². The summed E-state index contributed by atoms with van der Waals surface area (Å²) >= 11 is 5.80. The van der Waals surface area contributed by atoms with E-state index in [1.54, 1.807) is 24.3 Å². The second-order valence-electron chi connectivity index (χ2n) is 6.72. The van der Waals surface area contributed by atoms with Gasteiger partial charge in [0.15, 0.2) is 17.3 Å². The number of carboxylic acids is 1. The zero-order valence-electron chi connectivity index (χ0n) is 16.4. The van der Waals surface area contributed by atoms with E-state index in [-0.39, 0.29) is 41.6 Å². The molecule has 11 heteroatoms. The van der Waals surface area contributed by atoms with Crippen molar-refractivity contribution in [2.75, 3.05) is 11.9 Å². The van der Waals surface area contributed by atoms with Crippen LogP contribution in [0.5, 0.6) is 0 Å². The van der Waals surface area contributed by atoms with Crippen LogP contribution < -0.4 is 5.32 Å². The number of aliphatic carboxylic acids is 1. The maximum Gasteiger partial charge on any atom is 0.305 e. The highest BCUT2D eigenvalue weighted by Gasteiger charge is 2.21. The summed E-state index contributed by atoms with van der Waals surface area (Å²) in [6.45, 7) is 0.105. The van der Waals surface area contributed by atoms with Crippen molar-refractivity contribution in [2.24, 2.45) is 0 Å². The molecule has 1 heterocycles. The lowest BCUT2D eigenvalue weighted by molar-refractivity contribution is -0.137. The third-order valence-corrected chi connectivity index (χ3v) is 4.71. The minimum atomic E-state index is -1.24. The number of nitrogens with one attached hydrogen (secondary N) is 2. The number of benzene rings is 2. The van der Waals surface area contributed by atoms with Gasteiger partial charge in [0.25, 0.3) is 11.8 Å². The Morgan fingerprint density at radius 1 is 1.09 bits per heavy atom. The molecule has 3 rings (SSSR count). The lowest BCUT2D eigenvalue weighted by Crippen LogP contribution is -2.32. The first-order chi connectivity index (χ1) is 15.2. The Labute approximate surface area is 185 Å². The first-order valence-corrected chi connectivity index (χ1v) is 9.68. The molecule has 0 saturated heterocycles. The van der Waals surface area contributed by atoms with Crippen LogP contribution >= 0.6 is 11.6 Å². The van der Waals surface area contributed by atoms with Crippen molar-refractivity contribution in [3.63, 3.8) is 0 Å². The molecule has 0 aliphatic carbocycles. The van der Waals surface area contributed by atoms with Crippen LogP contribution in [-0.2, 0) is 11.3 Å². The van der Waals surface area contributed by atoms with Gasteiger partial charge in [0.1, 0.15) is 5.82 Å². The molecule has 2 amide bonds. The number of aromatic nitrogens is 2. The van der Waals surface area contributed by atoms with Crippen molar-refractivity contribution < 1.29 is 28.3 Å². The van der Waals surface area contributed by atoms with Crippen molar-refractivity contribution in [3.8, 4) is 0 Å². The molecule has 2 aromatic carbocycles. The largest absolute Gasteiger partial charge is 0.481 e. The van der Waals surface area contributed by atoms with Gasteiger partial charge in [-0.1, -0.05) is 41.9 Å². The fraction of sp³-hybridized carbons (Fsp3) is 0.143. The predicted octanol–water partition coefficient (Wildman–Crippen LogP) is 3.71. The Balaban J connectivity index is 1.75. The summed E-state index contributed by atoms with van der Waals surface area (Å²) < 4.78 is 26.6. The van der Waals surface area contributed by atoms with Gasteiger partial charge in [-0.3, -0.25) is 19.5 Å². The summed E-state index contributed by atoms with van der Waals surface area (Å²) in [5, 5.41) is 17.4. The predicted molar refractivity (Wildman–Crippen MR) is 111 cm³/mol. The highest BCUT2D eigenvalue weighted by atomic mass is 35.5. The van der Waals surface area contributed by atoms with Crippen molar-refractivity contribution in [1.29, 1.82) is 0 Å². The minimum absolute atomic E-state index is 0.0112. The van der Waals surface area contributed by atoms with E-state index in [1.165, 1.54) is 11.0 Å². The number of rotatable bonds is 8. The number of anilines is 1. The molecule has 0 fully saturated rings. The average Bonchev–Trinajstić information content (AvgIpc) is 3.22. The topological polar surface area (TPSA) is 115 Å². The third-order valence-electron chi connectivity index (χ3n) is 4.40. The van der Waals surface area contributed by atoms with Crippen LogP contribution in [0.4, 0.5) is 14.6 Å². The number of hydrogen-bond donors (Lipinski definition) is 3. The van der Waals surface area contributed by atoms with Crippen molar-refractivity contribution >= 4 is 35.2 Å². The first-order valence-electron chi connectivity index (χ1n) is 9.31. The second kappa shape index (κ2) is 10.0. The quantitative estimate of drug-likeness (QED) is 0.441. The fourth-order valence-corrected chi connectivity index (χ4v) is 3.07. The molecule has 8 nitrogen and oxygen atoms in total. The molecule has 0 unspecified atom stereocenters. The van der Waals surface area contributed by atoms with Gasteiger partial charge in [-0.05, 0) is 17.7 Å². The number of carbonyl (C=O) groups excluding carboxylic acids is 2. The monoisotopic (exact) mass is 462 g/mol. The fourth-order valence-electron chi connectivity index (χ4n) is 2.83. The number of H-pyrrole nitrogens is 1. The highest BCUT2D eigenvalue weighted by molar-refractivity contribution is 6.34. The van der Waals surface area contributed by atoms with Crippen LogP contribution in [0.2, 0.25) is 5.02 Å². The van der Waals surface area contributed by atoms with E-state index in [4.69, 9.17) is 16.7 Å². The Morgan fingerprint density at radius 2 is 1.78 bits per heavy atom. The normalized spacial score (nSPS) is 10.6. The molecule has 0 spiro atoms. The second-order valence-corrected chi connectivity index (χ2v) is 7.13. The molecular formula is C21H17ClF2N4O4. The molecule has 1 aromatic heterocycles. The van der Waals surface area contributed by atoms with E-state index < -0.39 is 29.4 Å². The smallest absolute Gasteiger partial charge is 0.305 e. The Hall–Kier alpha value is -3.79. The molecule has 3 aromatic rings. The SMILES string of the molecule is O=C(O)CCN(Cc1ccccc1)C(=O)c1cc(NC(=O)c2cc(F)c(F)cc2Cl)[nH]n1. The molecule has 3 N–H and O–H groups in total. The van der Waals surface area contributed by atoms with Crippen LogP contribution in [0, 0.1) is 11.6 Å². The summed E-state index contributed by atoms with van der Waals surface area (Å²) in [6, 6.07) is 11.6. The number of hydrogen-bond acceptors (Lipinski definition) is 4. The zero-order chi connectivity index (χ0) is 23.3. The summed E-state index contributed by atoms with van der Waals surface area (Å²) in [6.07, 6.45) is -0.263. The van der Waals surface area contributed by atoms with Gasteiger partial charge in [0.05, 0.1) is 17.0 Å². The number of aromatic amines is 1. The number of amides is 2. The van der Waals surface area contributed by atoms with Gasteiger partial charge in [0, 0.05) is 19.2 Å². The number of halogens is 3. The number of carboxylic acid groups (broad SMARTS) is 1. The first kappa shape index (κ1) is 22.9. The molecule has 0 aliphatic heterocycles. The average molecular weight is 463 g/mol. The standard InChI is InChI=1S/C21H17ClF2N4O4/c22-14-9-16(24)15(23)8-13(14)20(31)25-18-10-17(26-27-18)21(32)28(7-6-19(29)30)11-12-4-2-1-3-5-12/h1-5,8-10H,6-7,11H2,(H,29,30)(H2,25,26,27,31). The van der Waals surface area contributed by atoms with Crippen molar-refractivity contribution in [1.82, 2.24) is 15.1 Å². The van der Waals surface area contributed by atoms with Gasteiger partial charge in [-0.2, -0.15) is 5.10 Å². The van der Waals surface area contributed by atoms with Crippen LogP contribution in [0.25, 0.3) is 0 Å². The van der Waals surface area contributed by atoms with Crippen molar-refractivity contribution in [2.45, 2.75) is 13.0 Å². The maximum atomic E-state index is 13.4. The Bertz CT molecular complexity index is 1150. The molecule has 0 bridgehead atoms. The van der Waals surface area contributed by atoms with E-state index in [9.17, 15) is 23.2 Å². The molecule has 0 saturated carbocycles. The van der Waals surface area contributed by atoms with Gasteiger partial charge in [0.2, 0.25) is 0 Å². The molecule has 0 atom stereocenters. The maximum absolute atomic E-state index is 13.4. The number of carbonyl (C=O) groups is 3. The molecular weight excluding hydrogens is 446 g/mol. The van der Waals surface area contributed by atoms with Crippen LogP contribution in [-0.4, -0.2) is 44.5 Å². The summed E-state index contributed by atoms with van der Waals surface area (Å²) in [7, 11) is 0. The van der Waals surface area contributed by atoms with Crippen LogP contribution in [0.15, 0.2) is 48.5 Å². The van der Waals surface area contributed by atoms with Crippen LogP contribution in [0.3, 0.4) is 0 Å². The van der Waals surface area contributed by atoms with Gasteiger partial charge in [-0.25, -0.2) is 8.78 Å². The van der Waals surface area contributed by atoms with Gasteiger partial charge in [-0.15, -0.1) is 0 Å². The number of nitrogens with zero attached hydrogens (tertiary/aromatic N) is 2. The Morgan fingerprint density at radius 3 is 2.47 bits per heavy atom. The molecule has 0 radical (unpaired) electrons.